The van der Waals surface area contributed by atoms with Crippen molar-refractivity contribution in [1.29, 1.82) is 0 Å². The number of urea groups is 1. The maximum absolute atomic E-state index is 14.3. The number of piperidine rings is 1. The molecule has 2 aliphatic rings. The van der Waals surface area contributed by atoms with E-state index in [-0.39, 0.29) is 43.8 Å². The fraction of sp³-hybridized carbons (Fsp3) is 0.417. The summed E-state index contributed by atoms with van der Waals surface area (Å²) in [5.74, 6) is -2.65. The van der Waals surface area contributed by atoms with E-state index < -0.39 is 41.0 Å². The molecule has 4 rings (SSSR count). The van der Waals surface area contributed by atoms with Crippen molar-refractivity contribution in [2.45, 2.75) is 36.1 Å². The molecule has 1 unspecified atom stereocenters. The highest BCUT2D eigenvalue weighted by Gasteiger charge is 2.64. The standard InChI is InChI=1S/C24H25F4N3O4/c1-35-23(24(26,27)28,15-5-3-2-4-6-15)20(33)31-11-9-22(10-12-31)18(14-29-21(34)30-22)17-8-7-16(25)13-19(17)32/h2-8,13,18,32H,9-12,14H2,1H3,(H2,29,30,34)/t18?,23-/m1/s1. The van der Waals surface area contributed by atoms with Crippen molar-refractivity contribution >= 4 is 11.9 Å². The molecule has 2 aliphatic heterocycles. The molecule has 2 aromatic carbocycles. The smallest absolute Gasteiger partial charge is 0.430 e. The Morgan fingerprint density at radius 3 is 2.37 bits per heavy atom. The second-order valence-corrected chi connectivity index (χ2v) is 8.79. The Kier molecular flexibility index (Phi) is 6.39. The molecule has 35 heavy (non-hydrogen) atoms. The summed E-state index contributed by atoms with van der Waals surface area (Å²) in [5, 5.41) is 15.8. The fourth-order valence-corrected chi connectivity index (χ4v) is 5.17. The van der Waals surface area contributed by atoms with Gasteiger partial charge in [0.1, 0.15) is 11.6 Å². The van der Waals surface area contributed by atoms with Gasteiger partial charge in [-0.3, -0.25) is 4.79 Å². The zero-order valence-electron chi connectivity index (χ0n) is 18.9. The molecule has 2 fully saturated rings. The van der Waals surface area contributed by atoms with Crippen LogP contribution in [-0.4, -0.2) is 60.4 Å². The number of benzene rings is 2. The molecular formula is C24H25F4N3O4. The number of aromatic hydroxyl groups is 1. The number of methoxy groups -OCH3 is 1. The number of nitrogens with zero attached hydrogens (tertiary/aromatic N) is 1. The Bertz CT molecular complexity index is 1100. The molecule has 1 spiro atoms. The average molecular weight is 495 g/mol. The van der Waals surface area contributed by atoms with E-state index in [1.54, 1.807) is 6.07 Å². The summed E-state index contributed by atoms with van der Waals surface area (Å²) in [4.78, 5) is 26.7. The van der Waals surface area contributed by atoms with E-state index in [0.717, 1.165) is 18.1 Å². The van der Waals surface area contributed by atoms with E-state index in [1.807, 2.05) is 0 Å². The lowest BCUT2D eigenvalue weighted by atomic mass is 9.71. The minimum absolute atomic E-state index is 0.0917. The zero-order chi connectivity index (χ0) is 25.4. The predicted octanol–water partition coefficient (Wildman–Crippen LogP) is 3.39. The number of likely N-dealkylation sites (tertiary alicyclic amines) is 1. The van der Waals surface area contributed by atoms with Crippen LogP contribution in [0.25, 0.3) is 0 Å². The lowest BCUT2D eigenvalue weighted by Gasteiger charge is -2.50. The van der Waals surface area contributed by atoms with Crippen molar-refractivity contribution in [2.75, 3.05) is 26.7 Å². The van der Waals surface area contributed by atoms with Crippen LogP contribution in [0.4, 0.5) is 22.4 Å². The van der Waals surface area contributed by atoms with E-state index in [4.69, 9.17) is 4.74 Å². The van der Waals surface area contributed by atoms with Crippen LogP contribution in [0.1, 0.15) is 29.9 Å². The number of carbonyl (C=O) groups excluding carboxylic acids is 2. The fourth-order valence-electron chi connectivity index (χ4n) is 5.17. The van der Waals surface area contributed by atoms with E-state index in [0.29, 0.717) is 5.56 Å². The first-order chi connectivity index (χ1) is 16.5. The minimum atomic E-state index is -5.03. The SMILES string of the molecule is CO[C@@](C(=O)N1CCC2(CC1)NC(=O)NCC2c1ccc(F)cc1O)(c1ccccc1)C(F)(F)F. The molecule has 0 bridgehead atoms. The lowest BCUT2D eigenvalue weighted by Crippen LogP contribution is -2.67. The summed E-state index contributed by atoms with van der Waals surface area (Å²) in [6, 6.07) is 9.84. The van der Waals surface area contributed by atoms with Gasteiger partial charge in [-0.05, 0) is 18.9 Å². The number of hydrogen-bond acceptors (Lipinski definition) is 4. The van der Waals surface area contributed by atoms with Gasteiger partial charge in [0.2, 0.25) is 0 Å². The molecule has 2 heterocycles. The van der Waals surface area contributed by atoms with E-state index in [2.05, 4.69) is 10.6 Å². The van der Waals surface area contributed by atoms with Gasteiger partial charge in [0.25, 0.3) is 11.5 Å². The van der Waals surface area contributed by atoms with Crippen LogP contribution in [0.15, 0.2) is 48.5 Å². The second-order valence-electron chi connectivity index (χ2n) is 8.79. The largest absolute Gasteiger partial charge is 0.508 e. The van der Waals surface area contributed by atoms with Crippen molar-refractivity contribution < 1.29 is 37.0 Å². The summed E-state index contributed by atoms with van der Waals surface area (Å²) in [6.07, 6.45) is -4.78. The third-order valence-electron chi connectivity index (χ3n) is 6.99. The van der Waals surface area contributed by atoms with Gasteiger partial charge >= 0.3 is 12.2 Å². The third kappa shape index (κ3) is 4.18. The molecule has 0 saturated carbocycles. The summed E-state index contributed by atoms with van der Waals surface area (Å²) in [5.41, 5.74) is -4.06. The molecule has 2 saturated heterocycles. The van der Waals surface area contributed by atoms with Crippen LogP contribution in [0.3, 0.4) is 0 Å². The molecular weight excluding hydrogens is 470 g/mol. The van der Waals surface area contributed by atoms with E-state index in [1.165, 1.54) is 36.4 Å². The Morgan fingerprint density at radius 1 is 1.14 bits per heavy atom. The third-order valence-corrected chi connectivity index (χ3v) is 6.99. The Balaban J connectivity index is 1.63. The van der Waals surface area contributed by atoms with Gasteiger partial charge < -0.3 is 25.4 Å². The molecule has 7 nitrogen and oxygen atoms in total. The van der Waals surface area contributed by atoms with Gasteiger partial charge in [-0.25, -0.2) is 9.18 Å². The number of nitrogens with one attached hydrogen (secondary N) is 2. The highest BCUT2D eigenvalue weighted by Crippen LogP contribution is 2.46. The number of rotatable bonds is 4. The van der Waals surface area contributed by atoms with Gasteiger partial charge in [0.15, 0.2) is 0 Å². The topological polar surface area (TPSA) is 90.9 Å². The first kappa shape index (κ1) is 24.8. The van der Waals surface area contributed by atoms with Crippen LogP contribution in [0.2, 0.25) is 0 Å². The summed E-state index contributed by atoms with van der Waals surface area (Å²) >= 11 is 0. The first-order valence-electron chi connectivity index (χ1n) is 11.1. The number of amides is 3. The molecule has 0 aromatic heterocycles. The van der Waals surface area contributed by atoms with E-state index in [9.17, 15) is 32.3 Å². The highest BCUT2D eigenvalue weighted by atomic mass is 19.4. The monoisotopic (exact) mass is 495 g/mol. The molecule has 0 radical (unpaired) electrons. The number of phenols is 1. The van der Waals surface area contributed by atoms with Gasteiger partial charge in [0, 0.05) is 49.9 Å². The van der Waals surface area contributed by atoms with Crippen molar-refractivity contribution in [3.8, 4) is 5.75 Å². The second kappa shape index (κ2) is 9.03. The predicted molar refractivity (Wildman–Crippen MR) is 117 cm³/mol. The van der Waals surface area contributed by atoms with Crippen molar-refractivity contribution in [3.05, 3.63) is 65.5 Å². The minimum Gasteiger partial charge on any atom is -0.508 e. The van der Waals surface area contributed by atoms with Gasteiger partial charge in [-0.1, -0.05) is 36.4 Å². The number of alkyl halides is 3. The first-order valence-corrected chi connectivity index (χ1v) is 11.1. The molecule has 3 amide bonds. The summed E-state index contributed by atoms with van der Waals surface area (Å²) < 4.78 is 61.4. The molecule has 0 aliphatic carbocycles. The van der Waals surface area contributed by atoms with Crippen molar-refractivity contribution in [2.24, 2.45) is 0 Å². The van der Waals surface area contributed by atoms with Crippen LogP contribution in [-0.2, 0) is 15.1 Å². The van der Waals surface area contributed by atoms with Gasteiger partial charge in [-0.2, -0.15) is 13.2 Å². The Morgan fingerprint density at radius 2 is 1.80 bits per heavy atom. The van der Waals surface area contributed by atoms with Gasteiger partial charge in [-0.15, -0.1) is 0 Å². The maximum Gasteiger partial charge on any atom is 0.430 e. The zero-order valence-corrected chi connectivity index (χ0v) is 18.9. The summed E-state index contributed by atoms with van der Waals surface area (Å²) in [6.45, 7) is -0.0509. The Hall–Kier alpha value is -3.34. The van der Waals surface area contributed by atoms with Gasteiger partial charge in [0.05, 0.1) is 5.54 Å². The number of hydrogen-bond donors (Lipinski definition) is 3. The number of carbonyl (C=O) groups is 2. The van der Waals surface area contributed by atoms with Crippen molar-refractivity contribution in [1.82, 2.24) is 15.5 Å². The maximum atomic E-state index is 14.3. The number of halogens is 4. The van der Waals surface area contributed by atoms with Crippen LogP contribution >= 0.6 is 0 Å². The molecule has 3 N–H and O–H groups in total. The molecule has 2 atom stereocenters. The molecule has 2 aromatic rings. The van der Waals surface area contributed by atoms with Crippen LogP contribution in [0, 0.1) is 5.82 Å². The normalized spacial score (nSPS) is 21.7. The highest BCUT2D eigenvalue weighted by molar-refractivity contribution is 5.88. The number of ether oxygens (including phenoxy) is 1. The van der Waals surface area contributed by atoms with E-state index >= 15 is 0 Å². The molecule has 11 heteroatoms. The summed E-state index contributed by atoms with van der Waals surface area (Å²) in [7, 11) is 0.851. The Labute approximate surface area is 199 Å². The quantitative estimate of drug-likeness (QED) is 0.568. The van der Waals surface area contributed by atoms with Crippen LogP contribution in [0.5, 0.6) is 5.75 Å². The van der Waals surface area contributed by atoms with Crippen molar-refractivity contribution in [3.63, 3.8) is 0 Å². The lowest BCUT2D eigenvalue weighted by molar-refractivity contribution is -0.270. The number of phenolic OH excluding ortho intramolecular Hbond substituents is 1. The molecule has 188 valence electrons. The van der Waals surface area contributed by atoms with Crippen LogP contribution < -0.4 is 10.6 Å². The average Bonchev–Trinajstić information content (AvgIpc) is 2.81.